The van der Waals surface area contributed by atoms with Gasteiger partial charge in [-0.05, 0) is 18.6 Å². The summed E-state index contributed by atoms with van der Waals surface area (Å²) in [6, 6.07) is 7.10. The van der Waals surface area contributed by atoms with E-state index in [-0.39, 0.29) is 10.9 Å². The summed E-state index contributed by atoms with van der Waals surface area (Å²) in [6.07, 6.45) is 4.22. The van der Waals surface area contributed by atoms with Crippen molar-refractivity contribution in [3.8, 4) is 0 Å². The van der Waals surface area contributed by atoms with Crippen molar-refractivity contribution in [3.63, 3.8) is 0 Å². The van der Waals surface area contributed by atoms with Crippen LogP contribution in [0.15, 0.2) is 46.1 Å². The number of likely N-dealkylation sites (N-methyl/N-ethyl adjacent to an activating group) is 1. The lowest BCUT2D eigenvalue weighted by molar-refractivity contribution is 0.393. The van der Waals surface area contributed by atoms with Gasteiger partial charge in [-0.15, -0.1) is 4.40 Å². The minimum Gasteiger partial charge on any atom is -0.354 e. The number of fused-ring (bicyclic) bond motifs is 2. The third-order valence-corrected chi connectivity index (χ3v) is 6.79. The van der Waals surface area contributed by atoms with Crippen molar-refractivity contribution in [2.24, 2.45) is 11.4 Å². The summed E-state index contributed by atoms with van der Waals surface area (Å²) in [5.74, 6) is 1.37. The van der Waals surface area contributed by atoms with Crippen LogP contribution in [0.3, 0.4) is 0 Å². The Morgan fingerprint density at radius 2 is 2.04 bits per heavy atom. The normalized spacial score (nSPS) is 20.4. The van der Waals surface area contributed by atoms with Crippen molar-refractivity contribution in [2.75, 3.05) is 25.0 Å². The molecule has 1 saturated heterocycles. The number of amidine groups is 1. The Morgan fingerprint density at radius 3 is 2.89 bits per heavy atom. The average Bonchev–Trinajstić information content (AvgIpc) is 3.39. The molecule has 5 rings (SSSR count). The molecule has 1 fully saturated rings. The fourth-order valence-electron chi connectivity index (χ4n) is 3.97. The van der Waals surface area contributed by atoms with Crippen molar-refractivity contribution >= 4 is 32.7 Å². The molecule has 2 aliphatic rings. The first-order valence-corrected chi connectivity index (χ1v) is 10.4. The van der Waals surface area contributed by atoms with Crippen molar-refractivity contribution in [2.45, 2.75) is 17.4 Å². The smallest absolute Gasteiger partial charge is 0.285 e. The first kappa shape index (κ1) is 17.1. The second-order valence-electron chi connectivity index (χ2n) is 7.09. The number of benzene rings is 1. The summed E-state index contributed by atoms with van der Waals surface area (Å²) in [5, 5.41) is 5.19. The molecule has 1 aromatic carbocycles. The predicted molar refractivity (Wildman–Crippen MR) is 105 cm³/mol. The molecule has 2 aliphatic heterocycles. The summed E-state index contributed by atoms with van der Waals surface area (Å²) in [5.41, 5.74) is 1.46. The summed E-state index contributed by atoms with van der Waals surface area (Å²) in [6.45, 7) is 1.54. The highest BCUT2D eigenvalue weighted by molar-refractivity contribution is 7.90. The van der Waals surface area contributed by atoms with Gasteiger partial charge in [0.2, 0.25) is 0 Å². The first-order valence-electron chi connectivity index (χ1n) is 9.00. The molecule has 0 bridgehead atoms. The number of rotatable bonds is 2. The Hall–Kier alpha value is -3.01. The summed E-state index contributed by atoms with van der Waals surface area (Å²) >= 11 is 0. The van der Waals surface area contributed by atoms with Gasteiger partial charge in [0.15, 0.2) is 11.5 Å². The van der Waals surface area contributed by atoms with Gasteiger partial charge in [-0.3, -0.25) is 4.68 Å². The highest BCUT2D eigenvalue weighted by Gasteiger charge is 2.35. The molecular formula is C18H19N7O2S. The molecule has 0 radical (unpaired) electrons. The third kappa shape index (κ3) is 2.48. The number of aromatic nitrogens is 4. The van der Waals surface area contributed by atoms with Crippen LogP contribution in [0.5, 0.6) is 0 Å². The van der Waals surface area contributed by atoms with E-state index in [1.807, 2.05) is 31.1 Å². The van der Waals surface area contributed by atoms with E-state index >= 15 is 0 Å². The molecule has 4 heterocycles. The van der Waals surface area contributed by atoms with Crippen LogP contribution < -0.4 is 4.90 Å². The van der Waals surface area contributed by atoms with Crippen molar-refractivity contribution in [1.82, 2.24) is 24.6 Å². The molecule has 28 heavy (non-hydrogen) atoms. The molecule has 0 aliphatic carbocycles. The van der Waals surface area contributed by atoms with Crippen LogP contribution >= 0.6 is 0 Å². The maximum atomic E-state index is 12.4. The average molecular weight is 397 g/mol. The van der Waals surface area contributed by atoms with Gasteiger partial charge < -0.3 is 9.80 Å². The Labute approximate surface area is 162 Å². The highest BCUT2D eigenvalue weighted by atomic mass is 32.2. The minimum absolute atomic E-state index is 0.127. The van der Waals surface area contributed by atoms with E-state index in [1.54, 1.807) is 29.3 Å². The SMILES string of the molecule is CN(C1=NS(=O)(=O)c2ccccc21)C1CCN(c2ncnc3c2cnn3C)C1. The number of hydrogen-bond donors (Lipinski definition) is 0. The lowest BCUT2D eigenvalue weighted by atomic mass is 10.1. The third-order valence-electron chi connectivity index (χ3n) is 5.47. The Bertz CT molecular complexity index is 1220. The Balaban J connectivity index is 1.44. The molecule has 9 nitrogen and oxygen atoms in total. The van der Waals surface area contributed by atoms with Crippen molar-refractivity contribution in [3.05, 3.63) is 42.4 Å². The molecule has 0 spiro atoms. The topological polar surface area (TPSA) is 96.6 Å². The van der Waals surface area contributed by atoms with Crippen LogP contribution in [-0.2, 0) is 17.1 Å². The zero-order chi connectivity index (χ0) is 19.5. The van der Waals surface area contributed by atoms with E-state index in [0.29, 0.717) is 11.4 Å². The molecule has 3 aromatic rings. The molecule has 1 atom stereocenters. The molecule has 144 valence electrons. The molecule has 2 aromatic heterocycles. The van der Waals surface area contributed by atoms with E-state index in [9.17, 15) is 8.42 Å². The van der Waals surface area contributed by atoms with Crippen LogP contribution in [-0.4, -0.2) is 65.1 Å². The zero-order valence-corrected chi connectivity index (χ0v) is 16.3. The number of anilines is 1. The standard InChI is InChI=1S/C18H19N7O2S/c1-23(18-13-5-3-4-6-15(13)28(26,27)22-18)12-7-8-25(10-12)17-14-9-21-24(2)16(14)19-11-20-17/h3-6,9,11-12H,7-8,10H2,1-2H3. The minimum atomic E-state index is -3.62. The van der Waals surface area contributed by atoms with Gasteiger partial charge in [0, 0.05) is 38.8 Å². The fourth-order valence-corrected chi connectivity index (χ4v) is 5.21. The van der Waals surface area contributed by atoms with Gasteiger partial charge in [0.05, 0.1) is 11.6 Å². The second kappa shape index (κ2) is 5.99. The van der Waals surface area contributed by atoms with Gasteiger partial charge in [-0.1, -0.05) is 12.1 Å². The van der Waals surface area contributed by atoms with Crippen LogP contribution in [0, 0.1) is 0 Å². The van der Waals surface area contributed by atoms with Gasteiger partial charge in [0.1, 0.15) is 17.0 Å². The summed E-state index contributed by atoms with van der Waals surface area (Å²) in [4.78, 5) is 13.2. The monoisotopic (exact) mass is 397 g/mol. The molecular weight excluding hydrogens is 378 g/mol. The summed E-state index contributed by atoms with van der Waals surface area (Å²) in [7, 11) is 0.144. The highest BCUT2D eigenvalue weighted by Crippen LogP contribution is 2.31. The van der Waals surface area contributed by atoms with E-state index < -0.39 is 10.0 Å². The van der Waals surface area contributed by atoms with E-state index in [1.165, 1.54) is 0 Å². The lowest BCUT2D eigenvalue weighted by Gasteiger charge is -2.26. The molecule has 0 N–H and O–H groups in total. The molecule has 10 heteroatoms. The fraction of sp³-hybridized carbons (Fsp3) is 0.333. The van der Waals surface area contributed by atoms with Crippen molar-refractivity contribution < 1.29 is 8.42 Å². The lowest BCUT2D eigenvalue weighted by Crippen LogP contribution is -2.39. The Kier molecular flexibility index (Phi) is 3.66. The van der Waals surface area contributed by atoms with Gasteiger partial charge in [-0.2, -0.15) is 13.5 Å². The second-order valence-corrected chi connectivity index (χ2v) is 8.66. The zero-order valence-electron chi connectivity index (χ0n) is 15.5. The van der Waals surface area contributed by atoms with Crippen molar-refractivity contribution in [1.29, 1.82) is 0 Å². The number of sulfonamides is 1. The largest absolute Gasteiger partial charge is 0.354 e. The first-order chi connectivity index (χ1) is 13.5. The molecule has 0 amide bonds. The van der Waals surface area contributed by atoms with Gasteiger partial charge >= 0.3 is 0 Å². The van der Waals surface area contributed by atoms with Crippen LogP contribution in [0.2, 0.25) is 0 Å². The maximum absolute atomic E-state index is 12.4. The van der Waals surface area contributed by atoms with E-state index in [0.717, 1.165) is 36.4 Å². The van der Waals surface area contributed by atoms with E-state index in [2.05, 4.69) is 24.4 Å². The molecule has 0 saturated carbocycles. The van der Waals surface area contributed by atoms with Gasteiger partial charge in [0.25, 0.3) is 10.0 Å². The van der Waals surface area contributed by atoms with Crippen LogP contribution in [0.25, 0.3) is 11.0 Å². The quantitative estimate of drug-likeness (QED) is 0.637. The van der Waals surface area contributed by atoms with Crippen LogP contribution in [0.1, 0.15) is 12.0 Å². The van der Waals surface area contributed by atoms with Crippen LogP contribution in [0.4, 0.5) is 5.82 Å². The maximum Gasteiger partial charge on any atom is 0.285 e. The number of nitrogens with zero attached hydrogens (tertiary/aromatic N) is 7. The summed E-state index contributed by atoms with van der Waals surface area (Å²) < 4.78 is 30.5. The van der Waals surface area contributed by atoms with E-state index in [4.69, 9.17) is 0 Å². The number of hydrogen-bond acceptors (Lipinski definition) is 7. The predicted octanol–water partition coefficient (Wildman–Crippen LogP) is 1.02. The van der Waals surface area contributed by atoms with Gasteiger partial charge in [-0.25, -0.2) is 9.97 Å². The molecule has 1 unspecified atom stereocenters. The Morgan fingerprint density at radius 1 is 1.21 bits per heavy atom. The number of aryl methyl sites for hydroxylation is 1.